The molecule has 6 nitrogen and oxygen atoms in total. The van der Waals surface area contributed by atoms with Gasteiger partial charge in [0.2, 0.25) is 5.82 Å². The summed E-state index contributed by atoms with van der Waals surface area (Å²) < 4.78 is 20.0. The second-order valence-electron chi connectivity index (χ2n) is 6.19. The number of aromatic nitrogens is 3. The third-order valence-corrected chi connectivity index (χ3v) is 3.92. The van der Waals surface area contributed by atoms with E-state index in [1.165, 1.54) is 12.1 Å². The van der Waals surface area contributed by atoms with Gasteiger partial charge >= 0.3 is 0 Å². The molecule has 1 fully saturated rings. The molecular weight excluding hydrogens is 299 g/mol. The summed E-state index contributed by atoms with van der Waals surface area (Å²) >= 11 is 0. The third kappa shape index (κ3) is 2.96. The van der Waals surface area contributed by atoms with Crippen LogP contribution in [0.3, 0.4) is 0 Å². The Bertz CT molecular complexity index is 724. The maximum Gasteiger partial charge on any atom is 0.294 e. The fourth-order valence-corrected chi connectivity index (χ4v) is 2.66. The summed E-state index contributed by atoms with van der Waals surface area (Å²) in [5.74, 6) is 0.174. The smallest absolute Gasteiger partial charge is 0.294 e. The first-order valence-corrected chi connectivity index (χ1v) is 7.48. The number of carbonyl (C=O) groups is 1. The van der Waals surface area contributed by atoms with Gasteiger partial charge in [-0.3, -0.25) is 4.79 Å². The first-order chi connectivity index (χ1) is 10.9. The fourth-order valence-electron chi connectivity index (χ4n) is 2.66. The highest BCUT2D eigenvalue weighted by atomic mass is 19.1. The van der Waals surface area contributed by atoms with Gasteiger partial charge < -0.3 is 9.64 Å². The highest BCUT2D eigenvalue weighted by Crippen LogP contribution is 2.21. The van der Waals surface area contributed by atoms with E-state index in [4.69, 9.17) is 4.74 Å². The standard InChI is InChI=1S/C16H19FN4O2/c1-11-18-14(15(22)20-8-9-23-10-16(20,2)3)19-21(11)13-6-4-12(17)5-7-13/h4-7H,8-10H2,1-3H3. The van der Waals surface area contributed by atoms with Crippen molar-refractivity contribution in [3.8, 4) is 5.69 Å². The van der Waals surface area contributed by atoms with Crippen LogP contribution in [0, 0.1) is 12.7 Å². The number of halogens is 1. The summed E-state index contributed by atoms with van der Waals surface area (Å²) in [6.07, 6.45) is 0. The number of carbonyl (C=O) groups excluding carboxylic acids is 1. The van der Waals surface area contributed by atoms with E-state index in [-0.39, 0.29) is 17.5 Å². The predicted octanol–water partition coefficient (Wildman–Crippen LogP) is 1.97. The number of aryl methyl sites for hydroxylation is 1. The molecule has 1 aromatic heterocycles. The van der Waals surface area contributed by atoms with E-state index in [1.54, 1.807) is 28.6 Å². The van der Waals surface area contributed by atoms with Crippen molar-refractivity contribution in [3.05, 3.63) is 41.7 Å². The van der Waals surface area contributed by atoms with Crippen LogP contribution in [-0.4, -0.2) is 50.9 Å². The van der Waals surface area contributed by atoms with Crippen molar-refractivity contribution in [1.82, 2.24) is 19.7 Å². The molecule has 0 aliphatic carbocycles. The molecule has 0 spiro atoms. The summed E-state index contributed by atoms with van der Waals surface area (Å²) in [6, 6.07) is 5.90. The molecule has 0 atom stereocenters. The number of amides is 1. The van der Waals surface area contributed by atoms with E-state index >= 15 is 0 Å². The van der Waals surface area contributed by atoms with Crippen molar-refractivity contribution in [2.45, 2.75) is 26.3 Å². The molecule has 122 valence electrons. The number of ether oxygens (including phenoxy) is 1. The first kappa shape index (κ1) is 15.6. The average Bonchev–Trinajstić information content (AvgIpc) is 2.89. The van der Waals surface area contributed by atoms with Crippen molar-refractivity contribution >= 4 is 5.91 Å². The molecule has 1 amide bonds. The molecule has 0 unspecified atom stereocenters. The SMILES string of the molecule is Cc1nc(C(=O)N2CCOCC2(C)C)nn1-c1ccc(F)cc1. The molecule has 1 aliphatic heterocycles. The maximum absolute atomic E-state index is 13.0. The van der Waals surface area contributed by atoms with Crippen molar-refractivity contribution in [2.24, 2.45) is 0 Å². The van der Waals surface area contributed by atoms with E-state index in [0.717, 1.165) is 0 Å². The van der Waals surface area contributed by atoms with Crippen molar-refractivity contribution in [2.75, 3.05) is 19.8 Å². The molecule has 1 saturated heterocycles. The Balaban J connectivity index is 1.91. The highest BCUT2D eigenvalue weighted by Gasteiger charge is 2.36. The van der Waals surface area contributed by atoms with Gasteiger partial charge in [-0.15, -0.1) is 5.10 Å². The molecule has 0 radical (unpaired) electrons. The molecule has 3 rings (SSSR count). The van der Waals surface area contributed by atoms with Crippen LogP contribution < -0.4 is 0 Å². The lowest BCUT2D eigenvalue weighted by Gasteiger charge is -2.41. The maximum atomic E-state index is 13.0. The predicted molar refractivity (Wildman–Crippen MR) is 82.0 cm³/mol. The highest BCUT2D eigenvalue weighted by molar-refractivity contribution is 5.91. The van der Waals surface area contributed by atoms with Crippen LogP contribution in [0.5, 0.6) is 0 Å². The summed E-state index contributed by atoms with van der Waals surface area (Å²) in [4.78, 5) is 18.8. The molecular formula is C16H19FN4O2. The van der Waals surface area contributed by atoms with Gasteiger partial charge in [0, 0.05) is 6.54 Å². The van der Waals surface area contributed by atoms with Crippen LogP contribution in [0.2, 0.25) is 0 Å². The number of hydrogen-bond donors (Lipinski definition) is 0. The van der Waals surface area contributed by atoms with Crippen molar-refractivity contribution in [1.29, 1.82) is 0 Å². The topological polar surface area (TPSA) is 60.3 Å². The number of rotatable bonds is 2. The average molecular weight is 318 g/mol. The molecule has 0 saturated carbocycles. The number of nitrogens with zero attached hydrogens (tertiary/aromatic N) is 4. The monoisotopic (exact) mass is 318 g/mol. The Morgan fingerprint density at radius 1 is 1.30 bits per heavy atom. The molecule has 0 bridgehead atoms. The number of morpholine rings is 1. The Morgan fingerprint density at radius 2 is 2.00 bits per heavy atom. The minimum Gasteiger partial charge on any atom is -0.377 e. The van der Waals surface area contributed by atoms with Gasteiger partial charge in [-0.05, 0) is 45.0 Å². The van der Waals surface area contributed by atoms with Crippen LogP contribution in [0.25, 0.3) is 5.69 Å². The summed E-state index contributed by atoms with van der Waals surface area (Å²) in [5, 5.41) is 4.30. The zero-order valence-corrected chi connectivity index (χ0v) is 13.4. The minimum atomic E-state index is -0.398. The third-order valence-electron chi connectivity index (χ3n) is 3.92. The minimum absolute atomic E-state index is 0.141. The van der Waals surface area contributed by atoms with Crippen LogP contribution in [0.1, 0.15) is 30.3 Å². The zero-order valence-electron chi connectivity index (χ0n) is 13.4. The molecule has 23 heavy (non-hydrogen) atoms. The fraction of sp³-hybridized carbons (Fsp3) is 0.438. The quantitative estimate of drug-likeness (QED) is 0.849. The lowest BCUT2D eigenvalue weighted by atomic mass is 10.0. The van der Waals surface area contributed by atoms with E-state index in [2.05, 4.69) is 10.1 Å². The van der Waals surface area contributed by atoms with Gasteiger partial charge in [-0.25, -0.2) is 14.1 Å². The molecule has 0 N–H and O–H groups in total. The number of benzene rings is 1. The van der Waals surface area contributed by atoms with Gasteiger partial charge in [0.15, 0.2) is 0 Å². The summed E-state index contributed by atoms with van der Waals surface area (Å²) in [5.41, 5.74) is 0.265. The van der Waals surface area contributed by atoms with Crippen LogP contribution in [-0.2, 0) is 4.74 Å². The van der Waals surface area contributed by atoms with E-state index in [0.29, 0.717) is 31.3 Å². The Labute approximate surface area is 133 Å². The second kappa shape index (κ2) is 5.73. The molecule has 2 aromatic rings. The Morgan fingerprint density at radius 3 is 2.65 bits per heavy atom. The van der Waals surface area contributed by atoms with Crippen LogP contribution in [0.4, 0.5) is 4.39 Å². The van der Waals surface area contributed by atoms with Gasteiger partial charge in [0.05, 0.1) is 24.4 Å². The van der Waals surface area contributed by atoms with Gasteiger partial charge in [-0.1, -0.05) is 0 Å². The normalized spacial score (nSPS) is 17.3. The first-order valence-electron chi connectivity index (χ1n) is 7.48. The molecule has 7 heteroatoms. The van der Waals surface area contributed by atoms with Crippen LogP contribution >= 0.6 is 0 Å². The largest absolute Gasteiger partial charge is 0.377 e. The van der Waals surface area contributed by atoms with Crippen molar-refractivity contribution in [3.63, 3.8) is 0 Å². The van der Waals surface area contributed by atoms with Crippen molar-refractivity contribution < 1.29 is 13.9 Å². The number of hydrogen-bond acceptors (Lipinski definition) is 4. The lowest BCUT2D eigenvalue weighted by Crippen LogP contribution is -2.55. The van der Waals surface area contributed by atoms with E-state index in [1.807, 2.05) is 13.8 Å². The molecule has 1 aliphatic rings. The lowest BCUT2D eigenvalue weighted by molar-refractivity contribution is -0.0375. The Hall–Kier alpha value is -2.28. The van der Waals surface area contributed by atoms with E-state index < -0.39 is 5.54 Å². The second-order valence-corrected chi connectivity index (χ2v) is 6.19. The van der Waals surface area contributed by atoms with Crippen LogP contribution in [0.15, 0.2) is 24.3 Å². The van der Waals surface area contributed by atoms with Gasteiger partial charge in [0.25, 0.3) is 5.91 Å². The van der Waals surface area contributed by atoms with Gasteiger partial charge in [-0.2, -0.15) is 0 Å². The molecule has 2 heterocycles. The van der Waals surface area contributed by atoms with Gasteiger partial charge in [0.1, 0.15) is 11.6 Å². The Kier molecular flexibility index (Phi) is 3.89. The summed E-state index contributed by atoms with van der Waals surface area (Å²) in [6.45, 7) is 7.17. The molecule has 1 aromatic carbocycles. The zero-order chi connectivity index (χ0) is 16.6. The summed E-state index contributed by atoms with van der Waals surface area (Å²) in [7, 11) is 0. The van der Waals surface area contributed by atoms with E-state index in [9.17, 15) is 9.18 Å².